The highest BCUT2D eigenvalue weighted by Gasteiger charge is 2.11. The lowest BCUT2D eigenvalue weighted by atomic mass is 9.99. The Labute approximate surface area is 121 Å². The number of halogens is 2. The van der Waals surface area contributed by atoms with Gasteiger partial charge in [-0.25, -0.2) is 0 Å². The second-order valence-electron chi connectivity index (χ2n) is 6.02. The topological polar surface area (TPSA) is 12.0 Å². The van der Waals surface area contributed by atoms with Crippen molar-refractivity contribution in [2.24, 2.45) is 5.92 Å². The lowest BCUT2D eigenvalue weighted by Gasteiger charge is -2.23. The monoisotopic (exact) mass is 287 g/mol. The molecule has 0 fully saturated rings. The highest BCUT2D eigenvalue weighted by atomic mass is 35.5. The first-order valence-electron chi connectivity index (χ1n) is 6.47. The molecular weight excluding hydrogens is 265 g/mol. The number of aryl methyl sites for hydroxylation is 1. The van der Waals surface area contributed by atoms with Crippen LogP contribution in [0.25, 0.3) is 0 Å². The van der Waals surface area contributed by atoms with E-state index in [4.69, 9.17) is 23.2 Å². The molecule has 1 atom stereocenters. The zero-order chi connectivity index (χ0) is 13.8. The van der Waals surface area contributed by atoms with Gasteiger partial charge in [0, 0.05) is 5.54 Å². The first-order valence-corrected chi connectivity index (χ1v) is 7.22. The molecule has 0 amide bonds. The van der Waals surface area contributed by atoms with Crippen LogP contribution in [-0.2, 0) is 6.42 Å². The Kier molecular flexibility index (Phi) is 5.97. The van der Waals surface area contributed by atoms with Gasteiger partial charge in [-0.3, -0.25) is 0 Å². The molecule has 0 saturated carbocycles. The van der Waals surface area contributed by atoms with Crippen LogP contribution >= 0.6 is 23.2 Å². The van der Waals surface area contributed by atoms with Gasteiger partial charge in [0.25, 0.3) is 0 Å². The van der Waals surface area contributed by atoms with Gasteiger partial charge >= 0.3 is 0 Å². The molecule has 1 rings (SSSR count). The molecule has 1 unspecified atom stereocenters. The Morgan fingerprint density at radius 2 is 1.83 bits per heavy atom. The van der Waals surface area contributed by atoms with Gasteiger partial charge in [0.2, 0.25) is 0 Å². The van der Waals surface area contributed by atoms with Gasteiger partial charge in [-0.1, -0.05) is 36.2 Å². The molecule has 1 aromatic carbocycles. The summed E-state index contributed by atoms with van der Waals surface area (Å²) in [6.45, 7) is 9.90. The summed E-state index contributed by atoms with van der Waals surface area (Å²) in [5, 5.41) is 4.81. The Morgan fingerprint density at radius 1 is 1.17 bits per heavy atom. The van der Waals surface area contributed by atoms with E-state index in [9.17, 15) is 0 Å². The van der Waals surface area contributed by atoms with Gasteiger partial charge in [0.05, 0.1) is 10.0 Å². The third kappa shape index (κ3) is 6.08. The van der Waals surface area contributed by atoms with Gasteiger partial charge in [-0.05, 0) is 63.8 Å². The van der Waals surface area contributed by atoms with E-state index in [0.29, 0.717) is 16.0 Å². The molecule has 0 aromatic heterocycles. The number of hydrogen-bond acceptors (Lipinski definition) is 1. The lowest BCUT2D eigenvalue weighted by Crippen LogP contribution is -2.38. The molecule has 1 N–H and O–H groups in total. The fourth-order valence-corrected chi connectivity index (χ4v) is 2.01. The number of nitrogens with one attached hydrogen (secondary N) is 1. The number of benzene rings is 1. The van der Waals surface area contributed by atoms with Crippen LogP contribution in [0.1, 0.15) is 39.7 Å². The largest absolute Gasteiger partial charge is 0.312 e. The smallest absolute Gasteiger partial charge is 0.0595 e. The summed E-state index contributed by atoms with van der Waals surface area (Å²) in [6.07, 6.45) is 2.20. The van der Waals surface area contributed by atoms with Crippen molar-refractivity contribution < 1.29 is 0 Å². The maximum atomic E-state index is 6.01. The van der Waals surface area contributed by atoms with E-state index >= 15 is 0 Å². The molecule has 0 radical (unpaired) electrons. The van der Waals surface area contributed by atoms with Crippen molar-refractivity contribution in [1.82, 2.24) is 5.32 Å². The molecule has 0 saturated heterocycles. The van der Waals surface area contributed by atoms with E-state index in [1.54, 1.807) is 0 Å². The molecule has 1 aromatic rings. The van der Waals surface area contributed by atoms with Crippen LogP contribution in [0.5, 0.6) is 0 Å². The van der Waals surface area contributed by atoms with E-state index < -0.39 is 0 Å². The average molecular weight is 288 g/mol. The number of rotatable bonds is 5. The maximum absolute atomic E-state index is 6.01. The van der Waals surface area contributed by atoms with E-state index in [2.05, 4.69) is 39.1 Å². The maximum Gasteiger partial charge on any atom is 0.0595 e. The summed E-state index contributed by atoms with van der Waals surface area (Å²) >= 11 is 11.9. The summed E-state index contributed by atoms with van der Waals surface area (Å²) in [4.78, 5) is 0. The third-order valence-electron chi connectivity index (χ3n) is 2.89. The van der Waals surface area contributed by atoms with Crippen molar-refractivity contribution in [2.45, 2.75) is 46.1 Å². The van der Waals surface area contributed by atoms with Gasteiger partial charge in [-0.2, -0.15) is 0 Å². The molecule has 3 heteroatoms. The SMILES string of the molecule is CC(CCc1ccc(Cl)c(Cl)c1)CNC(C)(C)C. The second kappa shape index (κ2) is 6.79. The van der Waals surface area contributed by atoms with Gasteiger partial charge < -0.3 is 5.32 Å². The predicted molar refractivity (Wildman–Crippen MR) is 81.7 cm³/mol. The van der Waals surface area contributed by atoms with Crippen molar-refractivity contribution in [3.8, 4) is 0 Å². The summed E-state index contributed by atoms with van der Waals surface area (Å²) in [5.74, 6) is 0.652. The minimum absolute atomic E-state index is 0.192. The Hall–Kier alpha value is -0.240. The van der Waals surface area contributed by atoms with Crippen molar-refractivity contribution in [3.63, 3.8) is 0 Å². The molecule has 1 nitrogen and oxygen atoms in total. The van der Waals surface area contributed by atoms with E-state index in [1.807, 2.05) is 12.1 Å². The molecular formula is C15H23Cl2N. The summed E-state index contributed by atoms with van der Waals surface area (Å²) < 4.78 is 0. The molecule has 18 heavy (non-hydrogen) atoms. The number of hydrogen-bond donors (Lipinski definition) is 1. The zero-order valence-corrected chi connectivity index (χ0v) is 13.2. The highest BCUT2D eigenvalue weighted by Crippen LogP contribution is 2.23. The quantitative estimate of drug-likeness (QED) is 0.808. The van der Waals surface area contributed by atoms with Crippen LogP contribution in [0.2, 0.25) is 10.0 Å². The molecule has 0 aliphatic rings. The molecule has 0 heterocycles. The van der Waals surface area contributed by atoms with Gasteiger partial charge in [0.1, 0.15) is 0 Å². The minimum atomic E-state index is 0.192. The van der Waals surface area contributed by atoms with Crippen LogP contribution in [0.15, 0.2) is 18.2 Å². The van der Waals surface area contributed by atoms with Crippen LogP contribution in [-0.4, -0.2) is 12.1 Å². The second-order valence-corrected chi connectivity index (χ2v) is 6.84. The molecule has 0 aliphatic heterocycles. The highest BCUT2D eigenvalue weighted by molar-refractivity contribution is 6.42. The van der Waals surface area contributed by atoms with Crippen molar-refractivity contribution in [1.29, 1.82) is 0 Å². The Bertz CT molecular complexity index is 383. The Morgan fingerprint density at radius 3 is 2.39 bits per heavy atom. The van der Waals surface area contributed by atoms with Crippen LogP contribution in [0, 0.1) is 5.92 Å². The molecule has 0 spiro atoms. The fraction of sp³-hybridized carbons (Fsp3) is 0.600. The van der Waals surface area contributed by atoms with Crippen LogP contribution in [0.4, 0.5) is 0 Å². The first-order chi connectivity index (χ1) is 8.28. The van der Waals surface area contributed by atoms with Gasteiger partial charge in [-0.15, -0.1) is 0 Å². The van der Waals surface area contributed by atoms with E-state index in [0.717, 1.165) is 19.4 Å². The van der Waals surface area contributed by atoms with Gasteiger partial charge in [0.15, 0.2) is 0 Å². The van der Waals surface area contributed by atoms with Crippen molar-refractivity contribution in [2.75, 3.05) is 6.54 Å². The minimum Gasteiger partial charge on any atom is -0.312 e. The standard InChI is InChI=1S/C15H23Cl2N/c1-11(10-18-15(2,3)4)5-6-12-7-8-13(16)14(17)9-12/h7-9,11,18H,5-6,10H2,1-4H3. The van der Waals surface area contributed by atoms with Crippen LogP contribution < -0.4 is 5.32 Å². The predicted octanol–water partition coefficient (Wildman–Crippen LogP) is 4.95. The zero-order valence-electron chi connectivity index (χ0n) is 11.7. The first kappa shape index (κ1) is 15.8. The fourth-order valence-electron chi connectivity index (χ4n) is 1.69. The molecule has 0 aliphatic carbocycles. The lowest BCUT2D eigenvalue weighted by molar-refractivity contribution is 0.372. The van der Waals surface area contributed by atoms with E-state index in [-0.39, 0.29) is 5.54 Å². The summed E-state index contributed by atoms with van der Waals surface area (Å²) in [6, 6.07) is 5.89. The summed E-state index contributed by atoms with van der Waals surface area (Å²) in [7, 11) is 0. The average Bonchev–Trinajstić information content (AvgIpc) is 2.27. The van der Waals surface area contributed by atoms with E-state index in [1.165, 1.54) is 5.56 Å². The van der Waals surface area contributed by atoms with Crippen molar-refractivity contribution >= 4 is 23.2 Å². The van der Waals surface area contributed by atoms with Crippen LogP contribution in [0.3, 0.4) is 0 Å². The third-order valence-corrected chi connectivity index (χ3v) is 3.63. The molecule has 0 bridgehead atoms. The van der Waals surface area contributed by atoms with Crippen molar-refractivity contribution in [3.05, 3.63) is 33.8 Å². The normalized spacial score (nSPS) is 13.7. The Balaban J connectivity index is 2.38. The summed E-state index contributed by atoms with van der Waals surface area (Å²) in [5.41, 5.74) is 1.45. The molecule has 102 valence electrons.